The Labute approximate surface area is 115 Å². The molecule has 1 N–H and O–H groups in total. The van der Waals surface area contributed by atoms with Gasteiger partial charge in [0.2, 0.25) is 5.91 Å². The lowest BCUT2D eigenvalue weighted by Gasteiger charge is -2.03. The third kappa shape index (κ3) is 4.33. The molecule has 5 nitrogen and oxygen atoms in total. The summed E-state index contributed by atoms with van der Waals surface area (Å²) < 4.78 is 0. The number of amides is 1. The number of hydrogen-bond donors (Lipinski definition) is 1. The van der Waals surface area contributed by atoms with E-state index in [-0.39, 0.29) is 5.91 Å². The smallest absolute Gasteiger partial charge is 0.225 e. The maximum atomic E-state index is 11.2. The highest BCUT2D eigenvalue weighted by Crippen LogP contribution is 2.19. The van der Waals surface area contributed by atoms with Gasteiger partial charge >= 0.3 is 0 Å². The van der Waals surface area contributed by atoms with E-state index in [4.69, 9.17) is 0 Å². The monoisotopic (exact) mass is 274 g/mol. The molecule has 0 radical (unpaired) electrons. The van der Waals surface area contributed by atoms with E-state index in [0.29, 0.717) is 12.2 Å². The van der Waals surface area contributed by atoms with Gasteiger partial charge in [0.25, 0.3) is 0 Å². The summed E-state index contributed by atoms with van der Waals surface area (Å²) >= 11 is 1.56. The van der Waals surface area contributed by atoms with E-state index >= 15 is 0 Å². The normalized spacial score (nSPS) is 10.2. The van der Waals surface area contributed by atoms with Crippen LogP contribution in [0.25, 0.3) is 0 Å². The first-order valence-electron chi connectivity index (χ1n) is 5.94. The van der Waals surface area contributed by atoms with Crippen LogP contribution in [0.3, 0.4) is 0 Å². The highest BCUT2D eigenvalue weighted by atomic mass is 32.2. The minimum Gasteiger partial charge on any atom is -0.309 e. The molecule has 2 rings (SSSR count). The van der Waals surface area contributed by atoms with E-state index in [9.17, 15) is 4.79 Å². The molecule has 6 heteroatoms. The number of carbonyl (C=O) groups excluding carboxylic acids is 1. The summed E-state index contributed by atoms with van der Waals surface area (Å²) in [5.41, 5.74) is 0.998. The van der Waals surface area contributed by atoms with Crippen molar-refractivity contribution in [1.82, 2.24) is 15.2 Å². The molecule has 0 aromatic carbocycles. The lowest BCUT2D eigenvalue weighted by molar-refractivity contribution is -0.115. The van der Waals surface area contributed by atoms with Crippen LogP contribution in [0.5, 0.6) is 0 Å². The molecule has 0 saturated heterocycles. The van der Waals surface area contributed by atoms with Crippen LogP contribution in [0.2, 0.25) is 0 Å². The topological polar surface area (TPSA) is 67.8 Å². The zero-order valence-corrected chi connectivity index (χ0v) is 11.4. The largest absolute Gasteiger partial charge is 0.309 e. The lowest BCUT2D eigenvalue weighted by Crippen LogP contribution is -2.11. The number of thioether (sulfide) groups is 1. The third-order valence-corrected chi connectivity index (χ3v) is 3.28. The number of pyridine rings is 1. The summed E-state index contributed by atoms with van der Waals surface area (Å²) in [7, 11) is 0. The quantitative estimate of drug-likeness (QED) is 0.848. The summed E-state index contributed by atoms with van der Waals surface area (Å²) in [6.07, 6.45) is 2.20. The summed E-state index contributed by atoms with van der Waals surface area (Å²) in [6.45, 7) is 1.79. The first-order valence-corrected chi connectivity index (χ1v) is 6.93. The van der Waals surface area contributed by atoms with Gasteiger partial charge in [0.1, 0.15) is 5.03 Å². The van der Waals surface area contributed by atoms with Crippen LogP contribution in [0.4, 0.5) is 5.82 Å². The van der Waals surface area contributed by atoms with Crippen molar-refractivity contribution in [2.75, 3.05) is 5.32 Å². The van der Waals surface area contributed by atoms with Gasteiger partial charge in [0.15, 0.2) is 5.82 Å². The first-order chi connectivity index (χ1) is 9.28. The Kier molecular flexibility index (Phi) is 4.85. The second-order valence-corrected chi connectivity index (χ2v) is 4.76. The number of aromatic nitrogens is 3. The molecule has 0 aliphatic rings. The number of rotatable bonds is 5. The Morgan fingerprint density at radius 1 is 1.26 bits per heavy atom. The molecule has 98 valence electrons. The van der Waals surface area contributed by atoms with Gasteiger partial charge in [-0.1, -0.05) is 24.8 Å². The Morgan fingerprint density at radius 3 is 2.79 bits per heavy atom. The fourth-order valence-corrected chi connectivity index (χ4v) is 2.06. The van der Waals surface area contributed by atoms with Crippen molar-refractivity contribution < 1.29 is 4.79 Å². The van der Waals surface area contributed by atoms with Crippen LogP contribution in [-0.2, 0) is 10.5 Å². The predicted molar refractivity (Wildman–Crippen MR) is 74.8 cm³/mol. The fraction of sp³-hybridized carbons (Fsp3) is 0.231. The van der Waals surface area contributed by atoms with Crippen LogP contribution in [-0.4, -0.2) is 21.1 Å². The van der Waals surface area contributed by atoms with Crippen molar-refractivity contribution in [2.45, 2.75) is 24.1 Å². The first kappa shape index (κ1) is 13.5. The van der Waals surface area contributed by atoms with Crippen molar-refractivity contribution in [3.8, 4) is 0 Å². The van der Waals surface area contributed by atoms with Gasteiger partial charge in [-0.2, -0.15) is 0 Å². The minimum absolute atomic E-state index is 0.0665. The molecule has 2 heterocycles. The van der Waals surface area contributed by atoms with Gasteiger partial charge < -0.3 is 5.32 Å². The van der Waals surface area contributed by atoms with Crippen LogP contribution in [0, 0.1) is 0 Å². The van der Waals surface area contributed by atoms with Crippen molar-refractivity contribution in [3.63, 3.8) is 0 Å². The molecule has 0 unspecified atom stereocenters. The standard InChI is InChI=1S/C13H14N4OS/c1-2-12(18)15-11-6-7-13(17-16-11)19-9-10-5-3-4-8-14-10/h3-8H,2,9H2,1H3,(H,15,16,18). The van der Waals surface area contributed by atoms with Gasteiger partial charge in [-0.05, 0) is 24.3 Å². The maximum Gasteiger partial charge on any atom is 0.225 e. The zero-order valence-electron chi connectivity index (χ0n) is 10.5. The predicted octanol–water partition coefficient (Wildman–Crippen LogP) is 2.51. The minimum atomic E-state index is -0.0665. The molecule has 2 aromatic heterocycles. The highest BCUT2D eigenvalue weighted by molar-refractivity contribution is 7.98. The van der Waals surface area contributed by atoms with Crippen LogP contribution < -0.4 is 5.32 Å². The van der Waals surface area contributed by atoms with Crippen molar-refractivity contribution in [2.24, 2.45) is 0 Å². The Morgan fingerprint density at radius 2 is 2.16 bits per heavy atom. The average Bonchev–Trinajstić information content (AvgIpc) is 2.47. The second kappa shape index (κ2) is 6.84. The van der Waals surface area contributed by atoms with Crippen LogP contribution >= 0.6 is 11.8 Å². The number of carbonyl (C=O) groups is 1. The average molecular weight is 274 g/mol. The molecule has 0 spiro atoms. The second-order valence-electron chi connectivity index (χ2n) is 3.77. The number of hydrogen-bond acceptors (Lipinski definition) is 5. The summed E-state index contributed by atoms with van der Waals surface area (Å²) in [5, 5.41) is 11.5. The molecule has 0 saturated carbocycles. The molecule has 0 bridgehead atoms. The highest BCUT2D eigenvalue weighted by Gasteiger charge is 2.02. The molecule has 19 heavy (non-hydrogen) atoms. The summed E-state index contributed by atoms with van der Waals surface area (Å²) in [5.74, 6) is 1.16. The molecule has 2 aromatic rings. The molecular formula is C13H14N4OS. The van der Waals surface area contributed by atoms with Gasteiger partial charge in [0, 0.05) is 18.4 Å². The SMILES string of the molecule is CCC(=O)Nc1ccc(SCc2ccccn2)nn1. The lowest BCUT2D eigenvalue weighted by atomic mass is 10.4. The van der Waals surface area contributed by atoms with Crippen molar-refractivity contribution in [1.29, 1.82) is 0 Å². The van der Waals surface area contributed by atoms with E-state index in [0.717, 1.165) is 16.5 Å². The number of nitrogens with one attached hydrogen (secondary N) is 1. The fourth-order valence-electron chi connectivity index (χ4n) is 1.33. The zero-order chi connectivity index (χ0) is 13.5. The molecular weight excluding hydrogens is 260 g/mol. The molecule has 0 aliphatic heterocycles. The maximum absolute atomic E-state index is 11.2. The van der Waals surface area contributed by atoms with Crippen molar-refractivity contribution in [3.05, 3.63) is 42.2 Å². The Hall–Kier alpha value is -1.95. The van der Waals surface area contributed by atoms with Crippen LogP contribution in [0.1, 0.15) is 19.0 Å². The molecule has 0 fully saturated rings. The Bertz CT molecular complexity index is 530. The number of anilines is 1. The molecule has 1 amide bonds. The van der Waals surface area contributed by atoms with Gasteiger partial charge in [-0.3, -0.25) is 9.78 Å². The van der Waals surface area contributed by atoms with E-state index in [1.807, 2.05) is 24.3 Å². The van der Waals surface area contributed by atoms with Gasteiger partial charge in [0.05, 0.1) is 5.69 Å². The van der Waals surface area contributed by atoms with Gasteiger partial charge in [-0.25, -0.2) is 0 Å². The van der Waals surface area contributed by atoms with E-state index < -0.39 is 0 Å². The van der Waals surface area contributed by atoms with E-state index in [2.05, 4.69) is 20.5 Å². The van der Waals surface area contributed by atoms with Crippen LogP contribution in [0.15, 0.2) is 41.6 Å². The van der Waals surface area contributed by atoms with E-state index in [1.54, 1.807) is 30.9 Å². The number of nitrogens with zero attached hydrogens (tertiary/aromatic N) is 3. The van der Waals surface area contributed by atoms with E-state index in [1.165, 1.54) is 0 Å². The van der Waals surface area contributed by atoms with Crippen molar-refractivity contribution >= 4 is 23.5 Å². The molecule has 0 aliphatic carbocycles. The third-order valence-electron chi connectivity index (χ3n) is 2.32. The molecule has 0 atom stereocenters. The Balaban J connectivity index is 1.90. The summed E-state index contributed by atoms with van der Waals surface area (Å²) in [6, 6.07) is 9.40. The van der Waals surface area contributed by atoms with Gasteiger partial charge in [-0.15, -0.1) is 10.2 Å². The summed E-state index contributed by atoms with van der Waals surface area (Å²) in [4.78, 5) is 15.4.